The van der Waals surface area contributed by atoms with Crippen molar-refractivity contribution in [3.63, 3.8) is 0 Å². The minimum absolute atomic E-state index is 0.0177. The lowest BCUT2D eigenvalue weighted by Crippen LogP contribution is -2.19. The minimum atomic E-state index is -0.173. The molecule has 0 saturated heterocycles. The van der Waals surface area contributed by atoms with E-state index in [1.165, 1.54) is 5.39 Å². The molecule has 0 bridgehead atoms. The summed E-state index contributed by atoms with van der Waals surface area (Å²) in [5, 5.41) is 6.09. The summed E-state index contributed by atoms with van der Waals surface area (Å²) in [6.07, 6.45) is 0. The van der Waals surface area contributed by atoms with Crippen LogP contribution in [-0.2, 0) is 4.79 Å². The Kier molecular flexibility index (Phi) is 3.07. The van der Waals surface area contributed by atoms with Crippen LogP contribution in [0.25, 0.3) is 10.1 Å². The van der Waals surface area contributed by atoms with E-state index in [1.54, 1.807) is 11.3 Å². The van der Waals surface area contributed by atoms with Crippen LogP contribution in [0.4, 0.5) is 5.69 Å². The normalized spacial score (nSPS) is 12.7. The fourth-order valence-corrected chi connectivity index (χ4v) is 2.31. The van der Waals surface area contributed by atoms with Gasteiger partial charge in [0.1, 0.15) is 0 Å². The molecule has 4 heteroatoms. The second-order valence-electron chi connectivity index (χ2n) is 3.25. The molecule has 0 saturated carbocycles. The molecule has 1 heterocycles. The number of fused-ring (bicyclic) bond motifs is 1. The van der Waals surface area contributed by atoms with Crippen molar-refractivity contribution in [3.8, 4) is 0 Å². The monoisotopic (exact) mass is 283 g/mol. The lowest BCUT2D eigenvalue weighted by molar-refractivity contribution is -0.115. The molecule has 1 aromatic heterocycles. The van der Waals surface area contributed by atoms with Crippen LogP contribution in [0.5, 0.6) is 0 Å². The summed E-state index contributed by atoms with van der Waals surface area (Å²) in [7, 11) is 0. The van der Waals surface area contributed by atoms with Crippen molar-refractivity contribution >= 4 is 48.9 Å². The Hall–Kier alpha value is -0.870. The van der Waals surface area contributed by atoms with Crippen LogP contribution in [0, 0.1) is 0 Å². The zero-order chi connectivity index (χ0) is 10.8. The first-order valence-electron chi connectivity index (χ1n) is 4.59. The van der Waals surface area contributed by atoms with E-state index in [2.05, 4.69) is 21.2 Å². The summed E-state index contributed by atoms with van der Waals surface area (Å²) >= 11 is 4.88. The van der Waals surface area contributed by atoms with Crippen LogP contribution in [0.2, 0.25) is 0 Å². The Morgan fingerprint density at radius 2 is 2.27 bits per heavy atom. The second kappa shape index (κ2) is 4.33. The molecule has 2 aromatic rings. The molecule has 0 radical (unpaired) electrons. The third-order valence-electron chi connectivity index (χ3n) is 2.10. The van der Waals surface area contributed by atoms with E-state index < -0.39 is 0 Å². The average molecular weight is 284 g/mol. The van der Waals surface area contributed by atoms with E-state index in [4.69, 9.17) is 0 Å². The molecule has 1 N–H and O–H groups in total. The number of carbonyl (C=O) groups is 1. The van der Waals surface area contributed by atoms with Crippen molar-refractivity contribution in [3.05, 3.63) is 29.6 Å². The number of amides is 1. The van der Waals surface area contributed by atoms with Crippen molar-refractivity contribution in [1.29, 1.82) is 0 Å². The van der Waals surface area contributed by atoms with Gasteiger partial charge in [0.25, 0.3) is 0 Å². The maximum atomic E-state index is 11.5. The van der Waals surface area contributed by atoms with E-state index in [0.29, 0.717) is 0 Å². The van der Waals surface area contributed by atoms with Crippen LogP contribution in [0.3, 0.4) is 0 Å². The number of nitrogens with one attached hydrogen (secondary N) is 1. The molecule has 15 heavy (non-hydrogen) atoms. The number of thiophene rings is 1. The molecule has 0 aliphatic rings. The lowest BCUT2D eigenvalue weighted by Gasteiger charge is -2.07. The largest absolute Gasteiger partial charge is 0.324 e. The number of hydrogen-bond acceptors (Lipinski definition) is 2. The lowest BCUT2D eigenvalue weighted by atomic mass is 10.2. The summed E-state index contributed by atoms with van der Waals surface area (Å²) in [6.45, 7) is 1.81. The quantitative estimate of drug-likeness (QED) is 0.838. The van der Waals surface area contributed by atoms with Crippen LogP contribution < -0.4 is 5.32 Å². The molecule has 0 fully saturated rings. The van der Waals surface area contributed by atoms with Gasteiger partial charge in [-0.25, -0.2) is 0 Å². The van der Waals surface area contributed by atoms with Gasteiger partial charge >= 0.3 is 0 Å². The van der Waals surface area contributed by atoms with Gasteiger partial charge in [0, 0.05) is 0 Å². The van der Waals surface area contributed by atoms with Gasteiger partial charge in [-0.2, -0.15) is 0 Å². The topological polar surface area (TPSA) is 29.1 Å². The van der Waals surface area contributed by atoms with Crippen LogP contribution in [-0.4, -0.2) is 10.7 Å². The number of carbonyl (C=O) groups excluding carboxylic acids is 1. The van der Waals surface area contributed by atoms with Crippen molar-refractivity contribution in [1.82, 2.24) is 0 Å². The zero-order valence-electron chi connectivity index (χ0n) is 8.16. The van der Waals surface area contributed by atoms with Gasteiger partial charge in [0.2, 0.25) is 5.91 Å². The molecule has 2 nitrogen and oxygen atoms in total. The Morgan fingerprint density at radius 3 is 3.00 bits per heavy atom. The number of benzene rings is 1. The molecule has 1 unspecified atom stereocenters. The maximum Gasteiger partial charge on any atom is 0.237 e. The third kappa shape index (κ3) is 2.21. The fraction of sp³-hybridized carbons (Fsp3) is 0.182. The predicted octanol–water partition coefficient (Wildman–Crippen LogP) is 3.62. The first kappa shape index (κ1) is 10.6. The van der Waals surface area contributed by atoms with Gasteiger partial charge in [-0.05, 0) is 29.8 Å². The fourth-order valence-electron chi connectivity index (χ4n) is 1.32. The molecule has 0 aliphatic heterocycles. The third-order valence-corrected chi connectivity index (χ3v) is 3.48. The number of hydrogen-bond donors (Lipinski definition) is 1. The van der Waals surface area contributed by atoms with Gasteiger partial charge in [-0.15, -0.1) is 11.3 Å². The first-order valence-corrected chi connectivity index (χ1v) is 6.39. The highest BCUT2D eigenvalue weighted by atomic mass is 79.9. The molecule has 0 aliphatic carbocycles. The Morgan fingerprint density at radius 1 is 1.47 bits per heavy atom. The second-order valence-corrected chi connectivity index (χ2v) is 5.54. The van der Waals surface area contributed by atoms with Gasteiger partial charge in [-0.3, -0.25) is 4.79 Å². The van der Waals surface area contributed by atoms with Gasteiger partial charge in [0.05, 0.1) is 15.2 Å². The minimum Gasteiger partial charge on any atom is -0.324 e. The number of anilines is 1. The Bertz CT molecular complexity index is 492. The van der Waals surface area contributed by atoms with Crippen LogP contribution in [0.1, 0.15) is 6.92 Å². The van der Waals surface area contributed by atoms with Crippen LogP contribution >= 0.6 is 27.3 Å². The predicted molar refractivity (Wildman–Crippen MR) is 68.8 cm³/mol. The van der Waals surface area contributed by atoms with Crippen molar-refractivity contribution in [2.75, 3.05) is 5.32 Å². The highest BCUT2D eigenvalue weighted by Gasteiger charge is 2.10. The number of alkyl halides is 1. The van der Waals surface area contributed by atoms with Crippen molar-refractivity contribution < 1.29 is 4.79 Å². The van der Waals surface area contributed by atoms with E-state index in [1.807, 2.05) is 36.6 Å². The molecular formula is C11H10BrNOS. The van der Waals surface area contributed by atoms with E-state index in [-0.39, 0.29) is 10.7 Å². The SMILES string of the molecule is CC(Br)C(=O)Nc1cccc2ccsc12. The number of halogens is 1. The smallest absolute Gasteiger partial charge is 0.237 e. The average Bonchev–Trinajstić information content (AvgIpc) is 2.66. The maximum absolute atomic E-state index is 11.5. The zero-order valence-corrected chi connectivity index (χ0v) is 10.6. The molecular weight excluding hydrogens is 274 g/mol. The number of rotatable bonds is 2. The highest BCUT2D eigenvalue weighted by Crippen LogP contribution is 2.28. The van der Waals surface area contributed by atoms with Crippen molar-refractivity contribution in [2.24, 2.45) is 0 Å². The summed E-state index contributed by atoms with van der Waals surface area (Å²) in [4.78, 5) is 11.4. The van der Waals surface area contributed by atoms with Gasteiger partial charge in [-0.1, -0.05) is 28.1 Å². The van der Waals surface area contributed by atoms with Gasteiger partial charge in [0.15, 0.2) is 0 Å². The van der Waals surface area contributed by atoms with E-state index >= 15 is 0 Å². The molecule has 1 atom stereocenters. The Balaban J connectivity index is 2.35. The standard InChI is InChI=1S/C11H10BrNOS/c1-7(12)11(14)13-9-4-2-3-8-5-6-15-10(8)9/h2-7H,1H3,(H,13,14). The molecule has 1 aromatic carbocycles. The Labute approximate surface area is 100 Å². The highest BCUT2D eigenvalue weighted by molar-refractivity contribution is 9.10. The van der Waals surface area contributed by atoms with Crippen LogP contribution in [0.15, 0.2) is 29.6 Å². The summed E-state index contributed by atoms with van der Waals surface area (Å²) < 4.78 is 1.12. The molecule has 0 spiro atoms. The van der Waals surface area contributed by atoms with E-state index in [0.717, 1.165) is 10.4 Å². The molecule has 1 amide bonds. The first-order chi connectivity index (χ1) is 7.18. The van der Waals surface area contributed by atoms with Crippen molar-refractivity contribution in [2.45, 2.75) is 11.8 Å². The summed E-state index contributed by atoms with van der Waals surface area (Å²) in [5.41, 5.74) is 0.888. The van der Waals surface area contributed by atoms with Gasteiger partial charge < -0.3 is 5.32 Å². The summed E-state index contributed by atoms with van der Waals surface area (Å²) in [5.74, 6) is -0.0177. The molecule has 2 rings (SSSR count). The molecule has 78 valence electrons. The van der Waals surface area contributed by atoms with E-state index in [9.17, 15) is 4.79 Å². The summed E-state index contributed by atoms with van der Waals surface area (Å²) in [6, 6.07) is 7.96.